The quantitative estimate of drug-likeness (QED) is 0.795. The summed E-state index contributed by atoms with van der Waals surface area (Å²) < 4.78 is 88.4. The van der Waals surface area contributed by atoms with Gasteiger partial charge in [-0.3, -0.25) is 0 Å². The Morgan fingerprint density at radius 3 is 1.90 bits per heavy atom. The van der Waals surface area contributed by atoms with Gasteiger partial charge in [0.2, 0.25) is 0 Å². The number of alkyl halides is 6. The van der Waals surface area contributed by atoms with Crippen LogP contribution >= 0.6 is 11.6 Å². The number of aryl methyl sites for hydroxylation is 1. The molecule has 1 aromatic rings. The average molecular weight is 324 g/mol. The van der Waals surface area contributed by atoms with Crippen molar-refractivity contribution in [3.63, 3.8) is 0 Å². The summed E-state index contributed by atoms with van der Waals surface area (Å²) >= 11 is 5.49. The third-order valence-corrected chi connectivity index (χ3v) is 3.03. The van der Waals surface area contributed by atoms with Crippen LogP contribution in [-0.4, -0.2) is 12.4 Å². The molecule has 20 heavy (non-hydrogen) atoms. The van der Waals surface area contributed by atoms with Gasteiger partial charge < -0.3 is 5.73 Å². The Morgan fingerprint density at radius 2 is 1.50 bits per heavy atom. The maximum Gasteiger partial charge on any atom is 0.402 e. The van der Waals surface area contributed by atoms with E-state index in [0.717, 1.165) is 6.07 Å². The Labute approximate surface area is 114 Å². The summed E-state index contributed by atoms with van der Waals surface area (Å²) in [6, 6.07) is -1.05. The zero-order valence-electron chi connectivity index (χ0n) is 9.91. The maximum absolute atomic E-state index is 13.1. The van der Waals surface area contributed by atoms with Crippen LogP contribution in [0.5, 0.6) is 0 Å². The van der Waals surface area contributed by atoms with E-state index in [1.807, 2.05) is 0 Å². The summed E-state index contributed by atoms with van der Waals surface area (Å²) in [6.45, 7) is 1.18. The number of hydrogen-bond donors (Lipinski definition) is 1. The van der Waals surface area contributed by atoms with Gasteiger partial charge in [0.1, 0.15) is 5.82 Å². The first kappa shape index (κ1) is 17.0. The molecule has 0 amide bonds. The lowest BCUT2D eigenvalue weighted by Crippen LogP contribution is -2.44. The second-order valence-electron chi connectivity index (χ2n) is 4.21. The van der Waals surface area contributed by atoms with Gasteiger partial charge in [0.05, 0.1) is 6.04 Å². The first-order valence-corrected chi connectivity index (χ1v) is 5.58. The van der Waals surface area contributed by atoms with Gasteiger partial charge in [0.15, 0.2) is 5.92 Å². The molecule has 1 unspecified atom stereocenters. The fraction of sp³-hybridized carbons (Fsp3) is 0.455. The van der Waals surface area contributed by atoms with Crippen molar-refractivity contribution in [1.82, 2.24) is 0 Å². The largest absolute Gasteiger partial charge is 0.402 e. The molecule has 0 aromatic heterocycles. The van der Waals surface area contributed by atoms with Crippen LogP contribution in [-0.2, 0) is 0 Å². The monoisotopic (exact) mass is 323 g/mol. The molecule has 0 saturated carbocycles. The fourth-order valence-corrected chi connectivity index (χ4v) is 1.98. The van der Waals surface area contributed by atoms with Crippen molar-refractivity contribution in [3.05, 3.63) is 34.1 Å². The molecule has 1 nitrogen and oxygen atoms in total. The smallest absolute Gasteiger partial charge is 0.323 e. The Hall–Kier alpha value is -1.02. The minimum absolute atomic E-state index is 0.150. The van der Waals surface area contributed by atoms with E-state index in [1.54, 1.807) is 0 Å². The van der Waals surface area contributed by atoms with Gasteiger partial charge >= 0.3 is 12.4 Å². The highest BCUT2D eigenvalue weighted by Gasteiger charge is 2.60. The minimum atomic E-state index is -5.59. The van der Waals surface area contributed by atoms with Gasteiger partial charge in [-0.1, -0.05) is 17.7 Å². The first-order chi connectivity index (χ1) is 8.85. The Kier molecular flexibility index (Phi) is 4.60. The molecule has 0 bridgehead atoms. The molecular weight excluding hydrogens is 315 g/mol. The van der Waals surface area contributed by atoms with Crippen molar-refractivity contribution < 1.29 is 30.7 Å². The molecule has 0 spiro atoms. The van der Waals surface area contributed by atoms with Crippen molar-refractivity contribution in [2.75, 3.05) is 0 Å². The molecule has 0 saturated heterocycles. The van der Waals surface area contributed by atoms with E-state index in [0.29, 0.717) is 6.07 Å². The van der Waals surface area contributed by atoms with Gasteiger partial charge in [-0.05, 0) is 24.1 Å². The molecule has 0 radical (unpaired) electrons. The Balaban J connectivity index is 3.34. The molecule has 1 aromatic carbocycles. The highest BCUT2D eigenvalue weighted by molar-refractivity contribution is 6.31. The summed E-state index contributed by atoms with van der Waals surface area (Å²) in [5.74, 6) is -4.63. The zero-order chi connectivity index (χ0) is 15.9. The van der Waals surface area contributed by atoms with Crippen LogP contribution in [0, 0.1) is 18.7 Å². The van der Waals surface area contributed by atoms with Crippen LogP contribution < -0.4 is 5.73 Å². The number of hydrogen-bond acceptors (Lipinski definition) is 1. The van der Waals surface area contributed by atoms with E-state index in [4.69, 9.17) is 17.3 Å². The van der Waals surface area contributed by atoms with Crippen LogP contribution in [0.2, 0.25) is 5.02 Å². The summed E-state index contributed by atoms with van der Waals surface area (Å²) in [5, 5.41) is -0.584. The van der Waals surface area contributed by atoms with Gasteiger partial charge in [-0.2, -0.15) is 26.3 Å². The molecule has 2 N–H and O–H groups in total. The predicted molar refractivity (Wildman–Crippen MR) is 58.7 cm³/mol. The van der Waals surface area contributed by atoms with Gasteiger partial charge in [-0.15, -0.1) is 0 Å². The highest BCUT2D eigenvalue weighted by Crippen LogP contribution is 2.46. The van der Waals surface area contributed by atoms with Gasteiger partial charge in [0, 0.05) is 5.02 Å². The molecule has 1 rings (SSSR count). The van der Waals surface area contributed by atoms with Crippen LogP contribution in [0.25, 0.3) is 0 Å². The molecular formula is C11H9ClF7N. The zero-order valence-corrected chi connectivity index (χ0v) is 10.7. The second-order valence-corrected chi connectivity index (χ2v) is 4.62. The van der Waals surface area contributed by atoms with Crippen LogP contribution in [0.4, 0.5) is 30.7 Å². The highest BCUT2D eigenvalue weighted by atomic mass is 35.5. The van der Waals surface area contributed by atoms with E-state index in [2.05, 4.69) is 0 Å². The Bertz CT molecular complexity index is 481. The first-order valence-electron chi connectivity index (χ1n) is 5.20. The molecule has 0 aliphatic rings. The molecule has 9 heteroatoms. The molecule has 0 aliphatic carbocycles. The van der Waals surface area contributed by atoms with E-state index in [9.17, 15) is 30.7 Å². The number of nitrogens with two attached hydrogens (primary N) is 1. The van der Waals surface area contributed by atoms with Gasteiger partial charge in [-0.25, -0.2) is 4.39 Å². The minimum Gasteiger partial charge on any atom is -0.323 e. The summed E-state index contributed by atoms with van der Waals surface area (Å²) in [4.78, 5) is 0. The Morgan fingerprint density at radius 1 is 1.05 bits per heavy atom. The SMILES string of the molecule is Cc1cc(C(N)C(C(F)(F)F)C(F)(F)F)c(Cl)cc1F. The maximum atomic E-state index is 13.1. The number of halogens is 8. The van der Waals surface area contributed by atoms with E-state index in [1.165, 1.54) is 6.92 Å². The van der Waals surface area contributed by atoms with Crippen molar-refractivity contribution in [2.24, 2.45) is 11.7 Å². The summed E-state index contributed by atoms with van der Waals surface area (Å²) in [5.41, 5.74) is 4.33. The van der Waals surface area contributed by atoms with E-state index >= 15 is 0 Å². The van der Waals surface area contributed by atoms with Crippen LogP contribution in [0.15, 0.2) is 12.1 Å². The van der Waals surface area contributed by atoms with Crippen molar-refractivity contribution in [3.8, 4) is 0 Å². The lowest BCUT2D eigenvalue weighted by atomic mass is 9.91. The van der Waals surface area contributed by atoms with E-state index in [-0.39, 0.29) is 5.56 Å². The molecule has 0 heterocycles. The van der Waals surface area contributed by atoms with E-state index < -0.39 is 40.7 Å². The van der Waals surface area contributed by atoms with Crippen molar-refractivity contribution >= 4 is 11.6 Å². The number of rotatable bonds is 2. The normalized spacial score (nSPS) is 14.8. The molecule has 114 valence electrons. The molecule has 0 fully saturated rings. The van der Waals surface area contributed by atoms with Crippen molar-refractivity contribution in [1.29, 1.82) is 0 Å². The lowest BCUT2D eigenvalue weighted by molar-refractivity contribution is -0.290. The van der Waals surface area contributed by atoms with Crippen LogP contribution in [0.1, 0.15) is 17.2 Å². The molecule has 1 atom stereocenters. The van der Waals surface area contributed by atoms with Gasteiger partial charge in [0.25, 0.3) is 0 Å². The topological polar surface area (TPSA) is 26.0 Å². The molecule has 0 aliphatic heterocycles. The second kappa shape index (κ2) is 5.40. The average Bonchev–Trinajstić information content (AvgIpc) is 2.18. The summed E-state index contributed by atoms with van der Waals surface area (Å²) in [6.07, 6.45) is -11.2. The number of benzene rings is 1. The standard InChI is InChI=1S/C11H9ClF7N/c1-4-2-5(6(12)3-7(4)13)8(20)9(10(14,15)16)11(17,18)19/h2-3,8-9H,20H2,1H3. The lowest BCUT2D eigenvalue weighted by Gasteiger charge is -2.29. The fourth-order valence-electron chi connectivity index (χ4n) is 1.71. The summed E-state index contributed by atoms with van der Waals surface area (Å²) in [7, 11) is 0. The predicted octanol–water partition coefficient (Wildman–Crippen LogP) is 4.53. The third kappa shape index (κ3) is 3.54. The van der Waals surface area contributed by atoms with Crippen molar-refractivity contribution in [2.45, 2.75) is 25.3 Å². The third-order valence-electron chi connectivity index (χ3n) is 2.70. The van der Waals surface area contributed by atoms with Crippen LogP contribution in [0.3, 0.4) is 0 Å².